The summed E-state index contributed by atoms with van der Waals surface area (Å²) in [5, 5.41) is 4.18. The standard InChI is InChI=1S/C22H24N4O/c1-14(2)10-20-25-21(19-6-4-5-9-26(19)20)22(27)23-13-16-7-8-18-17(12-16)11-15(3)24-18/h4-9,11-12,14,24H,10,13H2,1-3H3,(H,23,27). The number of nitrogens with zero attached hydrogens (tertiary/aromatic N) is 2. The van der Waals surface area contributed by atoms with E-state index in [1.807, 2.05) is 41.8 Å². The lowest BCUT2D eigenvalue weighted by atomic mass is 10.1. The lowest BCUT2D eigenvalue weighted by Gasteiger charge is -2.04. The molecular formula is C22H24N4O. The van der Waals surface area contributed by atoms with Crippen LogP contribution in [0.25, 0.3) is 16.4 Å². The van der Waals surface area contributed by atoms with Crippen molar-refractivity contribution in [3.63, 3.8) is 0 Å². The van der Waals surface area contributed by atoms with Gasteiger partial charge in [-0.1, -0.05) is 26.0 Å². The van der Waals surface area contributed by atoms with Crippen LogP contribution in [0.2, 0.25) is 0 Å². The highest BCUT2D eigenvalue weighted by Crippen LogP contribution is 2.18. The number of aromatic nitrogens is 3. The highest BCUT2D eigenvalue weighted by Gasteiger charge is 2.17. The van der Waals surface area contributed by atoms with Crippen molar-refractivity contribution in [3.8, 4) is 0 Å². The van der Waals surface area contributed by atoms with Crippen molar-refractivity contribution in [1.82, 2.24) is 19.7 Å². The number of hydrogen-bond donors (Lipinski definition) is 2. The Labute approximate surface area is 158 Å². The van der Waals surface area contributed by atoms with Crippen LogP contribution in [0.5, 0.6) is 0 Å². The average Bonchev–Trinajstić information content (AvgIpc) is 3.19. The number of aromatic amines is 1. The van der Waals surface area contributed by atoms with Crippen LogP contribution in [-0.4, -0.2) is 20.3 Å². The highest BCUT2D eigenvalue weighted by molar-refractivity contribution is 5.99. The molecule has 5 heteroatoms. The number of pyridine rings is 1. The summed E-state index contributed by atoms with van der Waals surface area (Å²) in [6.07, 6.45) is 2.81. The van der Waals surface area contributed by atoms with Gasteiger partial charge >= 0.3 is 0 Å². The van der Waals surface area contributed by atoms with Gasteiger partial charge in [-0.15, -0.1) is 0 Å². The maximum atomic E-state index is 12.8. The third kappa shape index (κ3) is 3.45. The maximum Gasteiger partial charge on any atom is 0.272 e. The molecular weight excluding hydrogens is 336 g/mol. The molecule has 0 atom stereocenters. The molecule has 3 aromatic heterocycles. The highest BCUT2D eigenvalue weighted by atomic mass is 16.1. The summed E-state index contributed by atoms with van der Waals surface area (Å²) >= 11 is 0. The Hall–Kier alpha value is -3.08. The second kappa shape index (κ2) is 6.91. The zero-order valence-corrected chi connectivity index (χ0v) is 15.9. The van der Waals surface area contributed by atoms with Crippen LogP contribution in [0, 0.1) is 12.8 Å². The normalized spacial score (nSPS) is 11.6. The van der Waals surface area contributed by atoms with Crippen molar-refractivity contribution in [2.24, 2.45) is 5.92 Å². The van der Waals surface area contributed by atoms with E-state index < -0.39 is 0 Å². The van der Waals surface area contributed by atoms with Crippen molar-refractivity contribution in [1.29, 1.82) is 0 Å². The Morgan fingerprint density at radius 2 is 2.07 bits per heavy atom. The van der Waals surface area contributed by atoms with Crippen molar-refractivity contribution < 1.29 is 4.79 Å². The molecule has 0 radical (unpaired) electrons. The molecule has 0 aliphatic carbocycles. The third-order valence-electron chi connectivity index (χ3n) is 4.70. The van der Waals surface area contributed by atoms with Gasteiger partial charge in [0.15, 0.2) is 5.69 Å². The van der Waals surface area contributed by atoms with Crippen LogP contribution in [0.1, 0.15) is 41.4 Å². The van der Waals surface area contributed by atoms with Gasteiger partial charge in [0.1, 0.15) is 5.82 Å². The molecule has 1 aromatic carbocycles. The summed E-state index contributed by atoms with van der Waals surface area (Å²) in [6.45, 7) is 6.83. The molecule has 0 spiro atoms. The van der Waals surface area contributed by atoms with Gasteiger partial charge in [0.2, 0.25) is 0 Å². The van der Waals surface area contributed by atoms with E-state index in [1.54, 1.807) is 0 Å². The van der Waals surface area contributed by atoms with E-state index in [0.717, 1.165) is 39.9 Å². The molecule has 3 heterocycles. The van der Waals surface area contributed by atoms with Gasteiger partial charge in [0.25, 0.3) is 5.91 Å². The van der Waals surface area contributed by atoms with Crippen molar-refractivity contribution in [2.45, 2.75) is 33.7 Å². The van der Waals surface area contributed by atoms with Crippen LogP contribution in [0.4, 0.5) is 0 Å². The van der Waals surface area contributed by atoms with Gasteiger partial charge < -0.3 is 14.7 Å². The molecule has 0 saturated heterocycles. The second-order valence-corrected chi connectivity index (χ2v) is 7.49. The molecule has 4 rings (SSSR count). The van der Waals surface area contributed by atoms with Gasteiger partial charge in [0, 0.05) is 30.4 Å². The van der Waals surface area contributed by atoms with E-state index in [0.29, 0.717) is 18.2 Å². The van der Waals surface area contributed by atoms with E-state index in [1.165, 1.54) is 0 Å². The smallest absolute Gasteiger partial charge is 0.272 e. The largest absolute Gasteiger partial charge is 0.359 e. The fraction of sp³-hybridized carbons (Fsp3) is 0.273. The Morgan fingerprint density at radius 1 is 1.22 bits per heavy atom. The first-order chi connectivity index (χ1) is 13.0. The Morgan fingerprint density at radius 3 is 2.89 bits per heavy atom. The number of rotatable bonds is 5. The molecule has 0 saturated carbocycles. The molecule has 2 N–H and O–H groups in total. The fourth-order valence-corrected chi connectivity index (χ4v) is 3.48. The SMILES string of the molecule is Cc1cc2cc(CNC(=O)c3nc(CC(C)C)n4ccccc34)ccc2[nH]1. The molecule has 4 aromatic rings. The number of aryl methyl sites for hydroxylation is 1. The molecule has 138 valence electrons. The first kappa shape index (κ1) is 17.3. The zero-order valence-electron chi connectivity index (χ0n) is 15.9. The fourth-order valence-electron chi connectivity index (χ4n) is 3.48. The predicted molar refractivity (Wildman–Crippen MR) is 108 cm³/mol. The molecule has 1 amide bonds. The molecule has 27 heavy (non-hydrogen) atoms. The van der Waals surface area contributed by atoms with E-state index in [-0.39, 0.29) is 5.91 Å². The number of fused-ring (bicyclic) bond motifs is 2. The molecule has 0 bridgehead atoms. The number of carbonyl (C=O) groups is 1. The minimum atomic E-state index is -0.140. The third-order valence-corrected chi connectivity index (χ3v) is 4.70. The topological polar surface area (TPSA) is 62.2 Å². The summed E-state index contributed by atoms with van der Waals surface area (Å²) < 4.78 is 2.02. The van der Waals surface area contributed by atoms with Crippen LogP contribution < -0.4 is 5.32 Å². The summed E-state index contributed by atoms with van der Waals surface area (Å²) in [4.78, 5) is 20.8. The number of nitrogens with one attached hydrogen (secondary N) is 2. The van der Waals surface area contributed by atoms with Crippen molar-refractivity contribution in [2.75, 3.05) is 0 Å². The van der Waals surface area contributed by atoms with Crippen LogP contribution >= 0.6 is 0 Å². The summed E-state index contributed by atoms with van der Waals surface area (Å²) in [6, 6.07) is 14.2. The molecule has 0 aliphatic heterocycles. The van der Waals surface area contributed by atoms with Gasteiger partial charge in [-0.25, -0.2) is 4.98 Å². The number of H-pyrrole nitrogens is 1. The predicted octanol–water partition coefficient (Wildman–Crippen LogP) is 4.25. The van der Waals surface area contributed by atoms with Gasteiger partial charge in [-0.05, 0) is 54.1 Å². The number of benzene rings is 1. The minimum absolute atomic E-state index is 0.140. The first-order valence-electron chi connectivity index (χ1n) is 9.33. The number of carbonyl (C=O) groups excluding carboxylic acids is 1. The number of amides is 1. The minimum Gasteiger partial charge on any atom is -0.359 e. The van der Waals surface area contributed by atoms with Crippen LogP contribution in [0.3, 0.4) is 0 Å². The summed E-state index contributed by atoms with van der Waals surface area (Å²) in [7, 11) is 0. The van der Waals surface area contributed by atoms with Gasteiger partial charge in [0.05, 0.1) is 5.52 Å². The van der Waals surface area contributed by atoms with Crippen LogP contribution in [0.15, 0.2) is 48.7 Å². The van der Waals surface area contributed by atoms with E-state index in [2.05, 4.69) is 47.3 Å². The zero-order chi connectivity index (χ0) is 19.0. The molecule has 0 fully saturated rings. The van der Waals surface area contributed by atoms with E-state index in [9.17, 15) is 4.79 Å². The summed E-state index contributed by atoms with van der Waals surface area (Å²) in [5.41, 5.74) is 4.65. The Bertz CT molecular complexity index is 1120. The monoisotopic (exact) mass is 360 g/mol. The Kier molecular flexibility index (Phi) is 4.44. The van der Waals surface area contributed by atoms with Crippen molar-refractivity contribution in [3.05, 3.63) is 71.4 Å². The number of imidazole rings is 1. The Balaban J connectivity index is 1.57. The van der Waals surface area contributed by atoms with Crippen molar-refractivity contribution >= 4 is 22.3 Å². The molecule has 0 unspecified atom stereocenters. The second-order valence-electron chi connectivity index (χ2n) is 7.49. The van der Waals surface area contributed by atoms with Crippen LogP contribution in [-0.2, 0) is 13.0 Å². The first-order valence-corrected chi connectivity index (χ1v) is 9.33. The van der Waals surface area contributed by atoms with E-state index in [4.69, 9.17) is 0 Å². The van der Waals surface area contributed by atoms with E-state index >= 15 is 0 Å². The lowest BCUT2D eigenvalue weighted by molar-refractivity contribution is 0.0948. The molecule has 5 nitrogen and oxygen atoms in total. The summed E-state index contributed by atoms with van der Waals surface area (Å²) in [5.74, 6) is 1.26. The lowest BCUT2D eigenvalue weighted by Crippen LogP contribution is -2.23. The molecule has 0 aliphatic rings. The maximum absolute atomic E-state index is 12.8. The quantitative estimate of drug-likeness (QED) is 0.559. The average molecular weight is 360 g/mol. The number of hydrogen-bond acceptors (Lipinski definition) is 2. The van der Waals surface area contributed by atoms with Gasteiger partial charge in [-0.2, -0.15) is 0 Å². The van der Waals surface area contributed by atoms with Gasteiger partial charge in [-0.3, -0.25) is 4.79 Å².